The molecule has 0 bridgehead atoms. The van der Waals surface area contributed by atoms with Crippen LogP contribution in [0.15, 0.2) is 47.4 Å². The van der Waals surface area contributed by atoms with Crippen molar-refractivity contribution in [3.8, 4) is 0 Å². The van der Waals surface area contributed by atoms with Crippen molar-refractivity contribution in [2.75, 3.05) is 18.4 Å². The minimum Gasteiger partial charge on any atom is -0.326 e. The second-order valence-corrected chi connectivity index (χ2v) is 10.1. The molecule has 0 unspecified atom stereocenters. The molecule has 154 valence electrons. The number of amides is 1. The first kappa shape index (κ1) is 20.1. The molecule has 2 aromatic carbocycles. The molecule has 2 aliphatic rings. The molecule has 1 aliphatic heterocycles. The van der Waals surface area contributed by atoms with Gasteiger partial charge in [0.1, 0.15) is 0 Å². The Morgan fingerprint density at radius 3 is 2.59 bits per heavy atom. The number of rotatable bonds is 4. The van der Waals surface area contributed by atoms with Gasteiger partial charge in [0.25, 0.3) is 0 Å². The van der Waals surface area contributed by atoms with Crippen LogP contribution in [0.4, 0.5) is 5.69 Å². The minimum atomic E-state index is -3.58. The van der Waals surface area contributed by atoms with E-state index in [9.17, 15) is 13.2 Å². The van der Waals surface area contributed by atoms with Crippen molar-refractivity contribution >= 4 is 21.6 Å². The number of carbonyl (C=O) groups excluding carboxylic acids is 1. The van der Waals surface area contributed by atoms with Crippen molar-refractivity contribution in [3.05, 3.63) is 59.2 Å². The number of fused-ring (bicyclic) bond motifs is 1. The van der Waals surface area contributed by atoms with Gasteiger partial charge in [0.05, 0.1) is 10.8 Å². The largest absolute Gasteiger partial charge is 0.326 e. The Kier molecular flexibility index (Phi) is 5.74. The first-order valence-corrected chi connectivity index (χ1v) is 11.9. The summed E-state index contributed by atoms with van der Waals surface area (Å²) < 4.78 is 27.5. The molecular weight excluding hydrogens is 384 g/mol. The maximum Gasteiger partial charge on any atom is 0.243 e. The lowest BCUT2D eigenvalue weighted by molar-refractivity contribution is -0.120. The van der Waals surface area contributed by atoms with E-state index in [0.29, 0.717) is 24.3 Å². The Morgan fingerprint density at radius 1 is 1.03 bits per heavy atom. The molecule has 0 aromatic heterocycles. The number of hydrogen-bond donors (Lipinski definition) is 1. The molecule has 5 nitrogen and oxygen atoms in total. The first-order valence-electron chi connectivity index (χ1n) is 10.4. The summed E-state index contributed by atoms with van der Waals surface area (Å²) in [5.41, 5.74) is 4.48. The number of benzene rings is 2. The molecule has 1 amide bonds. The van der Waals surface area contributed by atoms with E-state index in [0.717, 1.165) is 30.5 Å². The Bertz CT molecular complexity index is 999. The molecule has 1 heterocycles. The SMILES string of the molecule is Cc1ccc(S(=O)(=O)N2CCC[C@@H](C(=O)Nc3cccc4c3CCCC4)C2)cc1. The summed E-state index contributed by atoms with van der Waals surface area (Å²) in [6.07, 6.45) is 5.79. The van der Waals surface area contributed by atoms with Crippen LogP contribution >= 0.6 is 0 Å². The fourth-order valence-corrected chi connectivity index (χ4v) is 5.89. The summed E-state index contributed by atoms with van der Waals surface area (Å²) in [5, 5.41) is 3.10. The van der Waals surface area contributed by atoms with Crippen LogP contribution in [-0.4, -0.2) is 31.7 Å². The molecule has 4 rings (SSSR count). The molecule has 1 atom stereocenters. The van der Waals surface area contributed by atoms with Crippen LogP contribution in [0.2, 0.25) is 0 Å². The highest BCUT2D eigenvalue weighted by molar-refractivity contribution is 7.89. The van der Waals surface area contributed by atoms with Gasteiger partial charge in [0, 0.05) is 18.8 Å². The van der Waals surface area contributed by atoms with E-state index in [1.165, 1.54) is 21.9 Å². The average molecular weight is 413 g/mol. The number of aryl methyl sites for hydroxylation is 2. The lowest BCUT2D eigenvalue weighted by Crippen LogP contribution is -2.43. The molecule has 1 saturated heterocycles. The molecule has 6 heteroatoms. The maximum atomic E-state index is 13.0. The van der Waals surface area contributed by atoms with Crippen LogP contribution < -0.4 is 5.32 Å². The van der Waals surface area contributed by atoms with E-state index >= 15 is 0 Å². The van der Waals surface area contributed by atoms with E-state index in [1.807, 2.05) is 19.1 Å². The molecular formula is C23H28N2O3S. The van der Waals surface area contributed by atoms with Crippen molar-refractivity contribution in [1.29, 1.82) is 0 Å². The minimum absolute atomic E-state index is 0.0761. The van der Waals surface area contributed by atoms with Gasteiger partial charge in [0.2, 0.25) is 15.9 Å². The van der Waals surface area contributed by atoms with Crippen LogP contribution in [-0.2, 0) is 27.7 Å². The van der Waals surface area contributed by atoms with Crippen molar-refractivity contribution in [3.63, 3.8) is 0 Å². The Morgan fingerprint density at radius 2 is 1.79 bits per heavy atom. The number of nitrogens with zero attached hydrogens (tertiary/aromatic N) is 1. The molecule has 0 spiro atoms. The van der Waals surface area contributed by atoms with Crippen LogP contribution in [0.3, 0.4) is 0 Å². The fourth-order valence-electron chi connectivity index (χ4n) is 4.37. The smallest absolute Gasteiger partial charge is 0.243 e. The number of sulfonamides is 1. The third-order valence-electron chi connectivity index (χ3n) is 6.07. The van der Waals surface area contributed by atoms with Gasteiger partial charge in [-0.15, -0.1) is 0 Å². The van der Waals surface area contributed by atoms with Crippen LogP contribution in [0, 0.1) is 12.8 Å². The molecule has 1 fully saturated rings. The van der Waals surface area contributed by atoms with E-state index < -0.39 is 10.0 Å². The topological polar surface area (TPSA) is 66.5 Å². The maximum absolute atomic E-state index is 13.0. The van der Waals surface area contributed by atoms with Gasteiger partial charge in [-0.05, 0) is 74.8 Å². The van der Waals surface area contributed by atoms with E-state index in [4.69, 9.17) is 0 Å². The van der Waals surface area contributed by atoms with Crippen molar-refractivity contribution in [2.24, 2.45) is 5.92 Å². The molecule has 0 saturated carbocycles. The van der Waals surface area contributed by atoms with Crippen molar-refractivity contribution in [1.82, 2.24) is 4.31 Å². The normalized spacial score (nSPS) is 20.1. The summed E-state index contributed by atoms with van der Waals surface area (Å²) in [5.74, 6) is -0.406. The number of anilines is 1. The van der Waals surface area contributed by atoms with Gasteiger partial charge in [0.15, 0.2) is 0 Å². The average Bonchev–Trinajstić information content (AvgIpc) is 2.74. The summed E-state index contributed by atoms with van der Waals surface area (Å²) in [6.45, 7) is 2.62. The third-order valence-corrected chi connectivity index (χ3v) is 7.95. The standard InChI is InChI=1S/C23H28N2O3S/c1-17-11-13-20(14-12-17)29(27,28)25-15-5-8-19(16-25)23(26)24-22-10-4-7-18-6-2-3-9-21(18)22/h4,7,10-14,19H,2-3,5-6,8-9,15-16H2,1H3,(H,24,26)/t19-/m1/s1. The van der Waals surface area contributed by atoms with Crippen LogP contribution in [0.5, 0.6) is 0 Å². The highest BCUT2D eigenvalue weighted by Gasteiger charge is 2.33. The summed E-state index contributed by atoms with van der Waals surface area (Å²) in [4.78, 5) is 13.3. The quantitative estimate of drug-likeness (QED) is 0.828. The number of carbonyl (C=O) groups is 1. The molecule has 2 aromatic rings. The lowest BCUT2D eigenvalue weighted by atomic mass is 9.90. The first-order chi connectivity index (χ1) is 13.9. The molecule has 1 N–H and O–H groups in total. The number of nitrogens with one attached hydrogen (secondary N) is 1. The van der Waals surface area contributed by atoms with Crippen molar-refractivity contribution in [2.45, 2.75) is 50.3 Å². The number of hydrogen-bond acceptors (Lipinski definition) is 3. The van der Waals surface area contributed by atoms with Gasteiger partial charge in [-0.25, -0.2) is 8.42 Å². The third kappa shape index (κ3) is 4.23. The van der Waals surface area contributed by atoms with E-state index in [2.05, 4.69) is 11.4 Å². The van der Waals surface area contributed by atoms with Gasteiger partial charge in [-0.3, -0.25) is 4.79 Å². The second-order valence-electron chi connectivity index (χ2n) is 8.15. The highest BCUT2D eigenvalue weighted by Crippen LogP contribution is 2.29. The lowest BCUT2D eigenvalue weighted by Gasteiger charge is -2.31. The monoisotopic (exact) mass is 412 g/mol. The molecule has 0 radical (unpaired) electrons. The van der Waals surface area contributed by atoms with Crippen LogP contribution in [0.25, 0.3) is 0 Å². The van der Waals surface area contributed by atoms with Gasteiger partial charge >= 0.3 is 0 Å². The Labute approximate surface area is 173 Å². The van der Waals surface area contributed by atoms with Gasteiger partial charge in [-0.2, -0.15) is 4.31 Å². The predicted molar refractivity (Wildman–Crippen MR) is 114 cm³/mol. The highest BCUT2D eigenvalue weighted by atomic mass is 32.2. The summed E-state index contributed by atoms with van der Waals surface area (Å²) in [7, 11) is -3.58. The summed E-state index contributed by atoms with van der Waals surface area (Å²) in [6, 6.07) is 13.0. The van der Waals surface area contributed by atoms with E-state index in [-0.39, 0.29) is 18.4 Å². The number of piperidine rings is 1. The van der Waals surface area contributed by atoms with Crippen molar-refractivity contribution < 1.29 is 13.2 Å². The van der Waals surface area contributed by atoms with Gasteiger partial charge < -0.3 is 5.32 Å². The fraction of sp³-hybridized carbons (Fsp3) is 0.435. The zero-order valence-corrected chi connectivity index (χ0v) is 17.7. The molecule has 1 aliphatic carbocycles. The molecule has 29 heavy (non-hydrogen) atoms. The van der Waals surface area contributed by atoms with E-state index in [1.54, 1.807) is 24.3 Å². The predicted octanol–water partition coefficient (Wildman–Crippen LogP) is 3.91. The Balaban J connectivity index is 1.48. The zero-order chi connectivity index (χ0) is 20.4. The zero-order valence-electron chi connectivity index (χ0n) is 16.9. The second kappa shape index (κ2) is 8.28. The Hall–Kier alpha value is -2.18. The van der Waals surface area contributed by atoms with Gasteiger partial charge in [-0.1, -0.05) is 29.8 Å². The van der Waals surface area contributed by atoms with Crippen LogP contribution in [0.1, 0.15) is 42.4 Å². The summed E-state index contributed by atoms with van der Waals surface area (Å²) >= 11 is 0.